The fraction of sp³-hybridized carbons (Fsp3) is 0.750. The number of rotatable bonds is 5. The van der Waals surface area contributed by atoms with Gasteiger partial charge in [-0.3, -0.25) is 0 Å². The normalized spacial score (nSPS) is 14.0. The zero-order valence-electron chi connectivity index (χ0n) is 11.0. The Hall–Kier alpha value is -0.580. The van der Waals surface area contributed by atoms with Crippen LogP contribution in [0.15, 0.2) is 6.20 Å². The van der Waals surface area contributed by atoms with Crippen molar-refractivity contribution >= 4 is 11.6 Å². The molecule has 0 spiro atoms. The summed E-state index contributed by atoms with van der Waals surface area (Å²) in [6.07, 6.45) is 2.08. The quantitative estimate of drug-likeness (QED) is 0.850. The van der Waals surface area contributed by atoms with E-state index in [1.807, 2.05) is 11.6 Å². The minimum Gasteiger partial charge on any atom is -0.392 e. The van der Waals surface area contributed by atoms with E-state index in [-0.39, 0.29) is 11.5 Å². The van der Waals surface area contributed by atoms with Crippen LogP contribution in [0, 0.1) is 5.41 Å². The maximum atomic E-state index is 9.82. The molecule has 4 nitrogen and oxygen atoms in total. The third-order valence-corrected chi connectivity index (χ3v) is 2.89. The van der Waals surface area contributed by atoms with Crippen molar-refractivity contribution in [1.82, 2.24) is 14.9 Å². The molecule has 0 bridgehead atoms. The molecule has 1 unspecified atom stereocenters. The zero-order valence-corrected chi connectivity index (χ0v) is 11.8. The van der Waals surface area contributed by atoms with Gasteiger partial charge in [0.25, 0.3) is 0 Å². The van der Waals surface area contributed by atoms with E-state index in [1.54, 1.807) is 6.20 Å². The number of halogens is 1. The van der Waals surface area contributed by atoms with E-state index in [9.17, 15) is 5.11 Å². The first-order valence-electron chi connectivity index (χ1n) is 5.84. The number of imidazole rings is 1. The second-order valence-electron chi connectivity index (χ2n) is 5.61. The lowest BCUT2D eigenvalue weighted by molar-refractivity contribution is 0.119. The summed E-state index contributed by atoms with van der Waals surface area (Å²) in [5.74, 6) is 0.873. The van der Waals surface area contributed by atoms with Crippen molar-refractivity contribution in [2.24, 2.45) is 12.5 Å². The number of aliphatic hydroxyl groups is 1. The fourth-order valence-electron chi connectivity index (χ4n) is 1.72. The topological polar surface area (TPSA) is 50.1 Å². The SMILES string of the molecule is Cn1c(Cl)cnc1CNCC(O)CC(C)(C)C. The summed E-state index contributed by atoms with van der Waals surface area (Å²) in [5.41, 5.74) is 0.146. The first kappa shape index (κ1) is 14.5. The summed E-state index contributed by atoms with van der Waals surface area (Å²) >= 11 is 5.88. The molecule has 0 aliphatic heterocycles. The lowest BCUT2D eigenvalue weighted by Crippen LogP contribution is -2.30. The van der Waals surface area contributed by atoms with Crippen LogP contribution in [0.2, 0.25) is 5.15 Å². The Bertz CT molecular complexity index is 357. The molecule has 0 aromatic carbocycles. The molecular weight excluding hydrogens is 238 g/mol. The molecule has 17 heavy (non-hydrogen) atoms. The van der Waals surface area contributed by atoms with Crippen molar-refractivity contribution < 1.29 is 5.11 Å². The standard InChI is InChI=1S/C12H22ClN3O/c1-12(2,3)5-9(17)6-14-8-11-15-7-10(13)16(11)4/h7,9,14,17H,5-6,8H2,1-4H3. The molecule has 0 saturated carbocycles. The lowest BCUT2D eigenvalue weighted by atomic mass is 9.89. The average molecular weight is 260 g/mol. The maximum Gasteiger partial charge on any atom is 0.128 e. The molecule has 1 rings (SSSR count). The summed E-state index contributed by atoms with van der Waals surface area (Å²) < 4.78 is 1.82. The summed E-state index contributed by atoms with van der Waals surface area (Å²) in [4.78, 5) is 4.17. The van der Waals surface area contributed by atoms with Gasteiger partial charge in [0, 0.05) is 13.6 Å². The van der Waals surface area contributed by atoms with E-state index < -0.39 is 0 Å². The second-order valence-corrected chi connectivity index (χ2v) is 5.99. The van der Waals surface area contributed by atoms with Crippen molar-refractivity contribution in [1.29, 1.82) is 0 Å². The van der Waals surface area contributed by atoms with Crippen LogP contribution in [0.3, 0.4) is 0 Å². The molecule has 1 heterocycles. The molecule has 0 amide bonds. The van der Waals surface area contributed by atoms with E-state index >= 15 is 0 Å². The minimum atomic E-state index is -0.328. The highest BCUT2D eigenvalue weighted by Crippen LogP contribution is 2.20. The molecule has 0 fully saturated rings. The number of aliphatic hydroxyl groups excluding tert-OH is 1. The van der Waals surface area contributed by atoms with Crippen LogP contribution < -0.4 is 5.32 Å². The molecule has 1 aromatic rings. The highest BCUT2D eigenvalue weighted by Gasteiger charge is 2.16. The number of hydrogen-bond donors (Lipinski definition) is 2. The van der Waals surface area contributed by atoms with Crippen molar-refractivity contribution in [3.05, 3.63) is 17.2 Å². The van der Waals surface area contributed by atoms with E-state index in [0.29, 0.717) is 18.2 Å². The van der Waals surface area contributed by atoms with Crippen LogP contribution in [0.4, 0.5) is 0 Å². The third kappa shape index (κ3) is 5.06. The highest BCUT2D eigenvalue weighted by molar-refractivity contribution is 6.29. The Balaban J connectivity index is 2.31. The van der Waals surface area contributed by atoms with Gasteiger partial charge in [-0.2, -0.15) is 0 Å². The van der Waals surface area contributed by atoms with Crippen LogP contribution in [0.1, 0.15) is 33.0 Å². The zero-order chi connectivity index (χ0) is 13.1. The van der Waals surface area contributed by atoms with Crippen LogP contribution in [0.5, 0.6) is 0 Å². The van der Waals surface area contributed by atoms with E-state index in [0.717, 1.165) is 12.2 Å². The maximum absolute atomic E-state index is 9.82. The molecule has 2 N–H and O–H groups in total. The van der Waals surface area contributed by atoms with Gasteiger partial charge >= 0.3 is 0 Å². The van der Waals surface area contributed by atoms with Gasteiger partial charge in [0.2, 0.25) is 0 Å². The predicted octanol–water partition coefficient (Wildman–Crippen LogP) is 1.96. The van der Waals surface area contributed by atoms with Crippen molar-refractivity contribution in [2.45, 2.75) is 39.8 Å². The number of nitrogens with one attached hydrogen (secondary N) is 1. The molecule has 5 heteroatoms. The van der Waals surface area contributed by atoms with Crippen LogP contribution in [-0.2, 0) is 13.6 Å². The van der Waals surface area contributed by atoms with Gasteiger partial charge in [0.15, 0.2) is 0 Å². The molecule has 0 aliphatic rings. The summed E-state index contributed by atoms with van der Waals surface area (Å²) in [6.45, 7) is 7.55. The van der Waals surface area contributed by atoms with Crippen LogP contribution in [0.25, 0.3) is 0 Å². The molecule has 0 saturated heterocycles. The Morgan fingerprint density at radius 3 is 2.65 bits per heavy atom. The second kappa shape index (κ2) is 5.85. The van der Waals surface area contributed by atoms with E-state index in [4.69, 9.17) is 11.6 Å². The number of aromatic nitrogens is 2. The van der Waals surface area contributed by atoms with E-state index in [2.05, 4.69) is 31.1 Å². The van der Waals surface area contributed by atoms with Gasteiger partial charge in [-0.25, -0.2) is 4.98 Å². The van der Waals surface area contributed by atoms with Gasteiger partial charge in [-0.05, 0) is 11.8 Å². The number of hydrogen-bond acceptors (Lipinski definition) is 3. The fourth-order valence-corrected chi connectivity index (χ4v) is 1.86. The van der Waals surface area contributed by atoms with E-state index in [1.165, 1.54) is 0 Å². The van der Waals surface area contributed by atoms with Crippen molar-refractivity contribution in [3.63, 3.8) is 0 Å². The third-order valence-electron chi connectivity index (χ3n) is 2.54. The smallest absolute Gasteiger partial charge is 0.128 e. The van der Waals surface area contributed by atoms with Crippen molar-refractivity contribution in [2.75, 3.05) is 6.54 Å². The molecular formula is C12H22ClN3O. The first-order chi connectivity index (χ1) is 7.79. The molecule has 0 aliphatic carbocycles. The predicted molar refractivity (Wildman–Crippen MR) is 70.0 cm³/mol. The first-order valence-corrected chi connectivity index (χ1v) is 6.22. The molecule has 0 radical (unpaired) electrons. The average Bonchev–Trinajstić information content (AvgIpc) is 2.46. The minimum absolute atomic E-state index is 0.146. The lowest BCUT2D eigenvalue weighted by Gasteiger charge is -2.22. The summed E-state index contributed by atoms with van der Waals surface area (Å²) in [6, 6.07) is 0. The Morgan fingerprint density at radius 1 is 1.53 bits per heavy atom. The summed E-state index contributed by atoms with van der Waals surface area (Å²) in [7, 11) is 1.87. The van der Waals surface area contributed by atoms with Gasteiger partial charge in [-0.1, -0.05) is 32.4 Å². The van der Waals surface area contributed by atoms with Crippen LogP contribution in [-0.4, -0.2) is 27.3 Å². The van der Waals surface area contributed by atoms with Gasteiger partial charge in [-0.15, -0.1) is 0 Å². The van der Waals surface area contributed by atoms with Gasteiger partial charge in [0.05, 0.1) is 18.8 Å². The largest absolute Gasteiger partial charge is 0.392 e. The molecule has 1 atom stereocenters. The van der Waals surface area contributed by atoms with Crippen molar-refractivity contribution in [3.8, 4) is 0 Å². The molecule has 98 valence electrons. The Kier molecular flexibility index (Phi) is 4.98. The summed E-state index contributed by atoms with van der Waals surface area (Å²) in [5, 5.41) is 13.6. The highest BCUT2D eigenvalue weighted by atomic mass is 35.5. The molecule has 1 aromatic heterocycles. The van der Waals surface area contributed by atoms with Gasteiger partial charge in [0.1, 0.15) is 11.0 Å². The van der Waals surface area contributed by atoms with Gasteiger partial charge < -0.3 is 15.0 Å². The van der Waals surface area contributed by atoms with Crippen LogP contribution >= 0.6 is 11.6 Å². The Morgan fingerprint density at radius 2 is 2.18 bits per heavy atom. The monoisotopic (exact) mass is 259 g/mol. The Labute approximate surface area is 108 Å². The number of nitrogens with zero attached hydrogens (tertiary/aromatic N) is 2.